The molecule has 0 unspecified atom stereocenters. The van der Waals surface area contributed by atoms with Crippen LogP contribution in [-0.2, 0) is 25.5 Å². The third-order valence-electron chi connectivity index (χ3n) is 6.21. The van der Waals surface area contributed by atoms with Gasteiger partial charge in [-0.05, 0) is 55.1 Å². The zero-order chi connectivity index (χ0) is 18.2. The fourth-order valence-electron chi connectivity index (χ4n) is 4.84. The molecule has 6 rings (SSSR count). The van der Waals surface area contributed by atoms with Crippen molar-refractivity contribution in [1.82, 2.24) is 4.98 Å². The largest absolute Gasteiger partial charge is 0.304 e. The summed E-state index contributed by atoms with van der Waals surface area (Å²) in [5.74, 6) is 0. The molecule has 0 amide bonds. The molecule has 0 bridgehead atoms. The van der Waals surface area contributed by atoms with E-state index in [4.69, 9.17) is 4.98 Å². The molecule has 1 heterocycles. The summed E-state index contributed by atoms with van der Waals surface area (Å²) in [7, 11) is 0. The molecule has 0 spiro atoms. The normalized spacial score (nSPS) is 14.1. The third-order valence-corrected chi connectivity index (χ3v) is 6.21. The van der Waals surface area contributed by atoms with Crippen LogP contribution in [0.2, 0.25) is 0 Å². The molecule has 1 nitrogen and oxygen atoms in total. The number of pyridine rings is 1. The van der Waals surface area contributed by atoms with Gasteiger partial charge in [-0.15, -0.1) is 35.4 Å². The van der Waals surface area contributed by atoms with E-state index in [9.17, 15) is 0 Å². The number of aromatic nitrogens is 1. The van der Waals surface area contributed by atoms with E-state index in [1.165, 1.54) is 43.4 Å². The Hall–Kier alpha value is -2.54. The zero-order valence-corrected chi connectivity index (χ0v) is 18.1. The molecule has 0 N–H and O–H groups in total. The van der Waals surface area contributed by atoms with Crippen molar-refractivity contribution in [2.24, 2.45) is 0 Å². The van der Waals surface area contributed by atoms with Gasteiger partial charge in [-0.25, -0.2) is 0 Å². The van der Waals surface area contributed by atoms with Crippen molar-refractivity contribution in [3.05, 3.63) is 90.1 Å². The molecule has 137 valence electrons. The topological polar surface area (TPSA) is 12.9 Å². The molecule has 5 aromatic rings. The number of hydrogen-bond donors (Lipinski definition) is 0. The van der Waals surface area contributed by atoms with Gasteiger partial charge in [-0.2, -0.15) is 0 Å². The van der Waals surface area contributed by atoms with Crippen molar-refractivity contribution in [2.75, 3.05) is 0 Å². The van der Waals surface area contributed by atoms with Crippen LogP contribution < -0.4 is 0 Å². The summed E-state index contributed by atoms with van der Waals surface area (Å²) in [6, 6.07) is 27.5. The Labute approximate surface area is 177 Å². The van der Waals surface area contributed by atoms with E-state index in [0.29, 0.717) is 0 Å². The summed E-state index contributed by atoms with van der Waals surface area (Å²) in [5.41, 5.74) is 4.77. The Bertz CT molecular complexity index is 1400. The van der Waals surface area contributed by atoms with Crippen LogP contribution in [0.4, 0.5) is 0 Å². The summed E-state index contributed by atoms with van der Waals surface area (Å²) in [4.78, 5) is 4.78. The standard InChI is InChI=1S/C26H18N.Ir/c1-26(2)22-10-6-5-9-20(22)25-24-19(13-14-27-25)18-12-11-16-7-3-4-8-17(16)21(18)15-23(24)26;/h3-8,10-15H,1-2H3;/q-1;. The number of nitrogens with zero attached hydrogens (tertiary/aromatic N) is 1. The van der Waals surface area contributed by atoms with Crippen LogP contribution in [0.1, 0.15) is 25.0 Å². The predicted octanol–water partition coefficient (Wildman–Crippen LogP) is 6.65. The molecule has 2 heteroatoms. The zero-order valence-electron chi connectivity index (χ0n) is 15.7. The average molecular weight is 537 g/mol. The van der Waals surface area contributed by atoms with E-state index in [1.54, 1.807) is 0 Å². The SMILES string of the molecule is CC1(C)c2ccc[c-]c2-c2nccc3c2c1cc1c2ccccc2ccc31.[Ir]. The Morgan fingerprint density at radius 3 is 2.54 bits per heavy atom. The van der Waals surface area contributed by atoms with Gasteiger partial charge in [0.05, 0.1) is 0 Å². The number of fused-ring (bicyclic) bond motifs is 6. The van der Waals surface area contributed by atoms with E-state index < -0.39 is 0 Å². The minimum Gasteiger partial charge on any atom is -0.304 e. The van der Waals surface area contributed by atoms with Gasteiger partial charge in [0.25, 0.3) is 0 Å². The maximum atomic E-state index is 4.78. The molecule has 4 aromatic carbocycles. The fraction of sp³-hybridized carbons (Fsp3) is 0.115. The average Bonchev–Trinajstić information content (AvgIpc) is 2.71. The van der Waals surface area contributed by atoms with Gasteiger partial charge in [-0.1, -0.05) is 56.3 Å². The molecular formula is C26H18IrN-. The monoisotopic (exact) mass is 537 g/mol. The maximum Gasteiger partial charge on any atom is 0.0167 e. The van der Waals surface area contributed by atoms with Crippen LogP contribution in [0.25, 0.3) is 43.6 Å². The molecule has 0 saturated heterocycles. The van der Waals surface area contributed by atoms with E-state index in [2.05, 4.69) is 80.6 Å². The molecule has 0 atom stereocenters. The molecule has 0 aliphatic heterocycles. The van der Waals surface area contributed by atoms with E-state index in [1.807, 2.05) is 12.3 Å². The van der Waals surface area contributed by atoms with Crippen molar-refractivity contribution in [2.45, 2.75) is 19.3 Å². The van der Waals surface area contributed by atoms with Crippen LogP contribution in [0.15, 0.2) is 72.9 Å². The molecule has 28 heavy (non-hydrogen) atoms. The van der Waals surface area contributed by atoms with Crippen molar-refractivity contribution < 1.29 is 20.1 Å². The predicted molar refractivity (Wildman–Crippen MR) is 113 cm³/mol. The van der Waals surface area contributed by atoms with Crippen LogP contribution in [0.3, 0.4) is 0 Å². The number of rotatable bonds is 0. The van der Waals surface area contributed by atoms with Crippen LogP contribution >= 0.6 is 0 Å². The van der Waals surface area contributed by atoms with Crippen molar-refractivity contribution in [3.63, 3.8) is 0 Å². The van der Waals surface area contributed by atoms with Gasteiger partial charge in [0.1, 0.15) is 0 Å². The second-order valence-corrected chi connectivity index (χ2v) is 7.97. The van der Waals surface area contributed by atoms with Crippen LogP contribution in [0, 0.1) is 6.07 Å². The van der Waals surface area contributed by atoms with Crippen molar-refractivity contribution in [1.29, 1.82) is 0 Å². The number of hydrogen-bond acceptors (Lipinski definition) is 1. The third kappa shape index (κ3) is 2.13. The molecule has 1 aliphatic carbocycles. The van der Waals surface area contributed by atoms with E-state index in [0.717, 1.165) is 11.3 Å². The molecular weight excluding hydrogens is 519 g/mol. The first-order chi connectivity index (χ1) is 13.2. The van der Waals surface area contributed by atoms with Crippen molar-refractivity contribution in [3.8, 4) is 11.3 Å². The van der Waals surface area contributed by atoms with Gasteiger partial charge >= 0.3 is 0 Å². The second-order valence-electron chi connectivity index (χ2n) is 7.97. The Morgan fingerprint density at radius 2 is 1.64 bits per heavy atom. The molecule has 1 radical (unpaired) electrons. The summed E-state index contributed by atoms with van der Waals surface area (Å²) in [6.07, 6.45) is 1.94. The van der Waals surface area contributed by atoms with Gasteiger partial charge in [0.2, 0.25) is 0 Å². The Morgan fingerprint density at radius 1 is 0.786 bits per heavy atom. The summed E-state index contributed by atoms with van der Waals surface area (Å²) in [6.45, 7) is 4.64. The first kappa shape index (κ1) is 17.6. The smallest absolute Gasteiger partial charge is 0.0167 e. The molecule has 0 saturated carbocycles. The van der Waals surface area contributed by atoms with Gasteiger partial charge in [-0.3, -0.25) is 0 Å². The first-order valence-electron chi connectivity index (χ1n) is 9.41. The fourth-order valence-corrected chi connectivity index (χ4v) is 4.84. The van der Waals surface area contributed by atoms with Crippen LogP contribution in [-0.4, -0.2) is 4.98 Å². The minimum atomic E-state index is -0.0908. The van der Waals surface area contributed by atoms with Crippen molar-refractivity contribution >= 4 is 32.3 Å². The Kier molecular flexibility index (Phi) is 3.75. The molecule has 1 aliphatic rings. The van der Waals surface area contributed by atoms with Gasteiger partial charge in [0, 0.05) is 26.3 Å². The maximum absolute atomic E-state index is 4.78. The number of benzene rings is 4. The molecule has 1 aromatic heterocycles. The second kappa shape index (κ2) is 5.98. The minimum absolute atomic E-state index is 0. The molecule has 0 fully saturated rings. The van der Waals surface area contributed by atoms with Crippen LogP contribution in [0.5, 0.6) is 0 Å². The Balaban J connectivity index is 0.00000171. The van der Waals surface area contributed by atoms with E-state index in [-0.39, 0.29) is 25.5 Å². The summed E-state index contributed by atoms with van der Waals surface area (Å²) < 4.78 is 0. The van der Waals surface area contributed by atoms with Gasteiger partial charge in [0.15, 0.2) is 0 Å². The quantitative estimate of drug-likeness (QED) is 0.160. The van der Waals surface area contributed by atoms with Gasteiger partial charge < -0.3 is 4.98 Å². The van der Waals surface area contributed by atoms with E-state index >= 15 is 0 Å². The summed E-state index contributed by atoms with van der Waals surface area (Å²) >= 11 is 0. The summed E-state index contributed by atoms with van der Waals surface area (Å²) in [5, 5.41) is 7.78. The first-order valence-corrected chi connectivity index (χ1v) is 9.41.